The van der Waals surface area contributed by atoms with Crippen LogP contribution in [0.3, 0.4) is 0 Å². The van der Waals surface area contributed by atoms with Gasteiger partial charge in [-0.05, 0) is 46.0 Å². The minimum Gasteiger partial charge on any atom is -0.443 e. The SMILES string of the molecule is CN1CCN(c2ccc(Nc3nccc(N4CCN(C(=O)OC(C)(C)C)C4=O)n3)nc2)CC1. The zero-order valence-corrected chi connectivity index (χ0v) is 19.5. The van der Waals surface area contributed by atoms with E-state index in [4.69, 9.17) is 4.74 Å². The van der Waals surface area contributed by atoms with E-state index in [2.05, 4.69) is 37.1 Å². The van der Waals surface area contributed by atoms with Crippen molar-refractivity contribution in [3.63, 3.8) is 0 Å². The van der Waals surface area contributed by atoms with Gasteiger partial charge in [-0.1, -0.05) is 0 Å². The lowest BCUT2D eigenvalue weighted by atomic mass is 10.2. The number of nitrogens with one attached hydrogen (secondary N) is 1. The topological polar surface area (TPSA) is 107 Å². The molecule has 11 heteroatoms. The zero-order chi connectivity index (χ0) is 23.6. The summed E-state index contributed by atoms with van der Waals surface area (Å²) < 4.78 is 5.32. The molecule has 0 aromatic carbocycles. The summed E-state index contributed by atoms with van der Waals surface area (Å²) in [5, 5.41) is 3.08. The van der Waals surface area contributed by atoms with Crippen LogP contribution in [0.2, 0.25) is 0 Å². The molecule has 2 saturated heterocycles. The van der Waals surface area contributed by atoms with Gasteiger partial charge < -0.3 is 19.9 Å². The molecule has 4 heterocycles. The highest BCUT2D eigenvalue weighted by molar-refractivity contribution is 6.02. The van der Waals surface area contributed by atoms with Crippen LogP contribution >= 0.6 is 0 Å². The molecule has 0 spiro atoms. The van der Waals surface area contributed by atoms with E-state index in [0.717, 1.165) is 36.8 Å². The predicted molar refractivity (Wildman–Crippen MR) is 125 cm³/mol. The molecule has 2 aliphatic rings. The summed E-state index contributed by atoms with van der Waals surface area (Å²) in [4.78, 5) is 45.4. The normalized spacial score (nSPS) is 17.5. The van der Waals surface area contributed by atoms with E-state index >= 15 is 0 Å². The number of anilines is 4. The van der Waals surface area contributed by atoms with Crippen LogP contribution in [0, 0.1) is 0 Å². The van der Waals surface area contributed by atoms with Crippen molar-refractivity contribution in [2.75, 3.05) is 61.4 Å². The number of likely N-dealkylation sites (N-methyl/N-ethyl adjacent to an activating group) is 1. The molecule has 2 aliphatic heterocycles. The average molecular weight is 455 g/mol. The van der Waals surface area contributed by atoms with Crippen molar-refractivity contribution >= 4 is 35.4 Å². The second-order valence-electron chi connectivity index (χ2n) is 9.12. The highest BCUT2D eigenvalue weighted by Crippen LogP contribution is 2.23. The van der Waals surface area contributed by atoms with E-state index in [1.807, 2.05) is 18.3 Å². The smallest absolute Gasteiger partial charge is 0.418 e. The Morgan fingerprint density at radius 1 is 1.03 bits per heavy atom. The number of piperazine rings is 1. The summed E-state index contributed by atoms with van der Waals surface area (Å²) in [5.74, 6) is 1.32. The van der Waals surface area contributed by atoms with E-state index in [1.165, 1.54) is 4.90 Å². The number of imide groups is 1. The molecule has 4 rings (SSSR count). The second-order valence-corrected chi connectivity index (χ2v) is 9.12. The number of amides is 3. The third kappa shape index (κ3) is 5.48. The summed E-state index contributed by atoms with van der Waals surface area (Å²) in [6.45, 7) is 9.84. The first kappa shape index (κ1) is 22.7. The van der Waals surface area contributed by atoms with Crippen LogP contribution in [-0.2, 0) is 4.74 Å². The van der Waals surface area contributed by atoms with Crippen LogP contribution in [0.15, 0.2) is 30.6 Å². The van der Waals surface area contributed by atoms with Crippen molar-refractivity contribution in [1.29, 1.82) is 0 Å². The first-order valence-corrected chi connectivity index (χ1v) is 11.0. The number of hydrogen-bond donors (Lipinski definition) is 1. The number of ether oxygens (including phenoxy) is 1. The standard InChI is InChI=1S/C22H30N8O3/c1-22(2,3)33-21(32)30-14-13-29(20(30)31)18-7-8-23-19(26-18)25-17-6-5-16(15-24-17)28-11-9-27(4)10-12-28/h5-8,15H,9-14H2,1-4H3,(H,23,24,25,26). The fraction of sp³-hybridized carbons (Fsp3) is 0.500. The third-order valence-electron chi connectivity index (χ3n) is 5.40. The lowest BCUT2D eigenvalue weighted by Gasteiger charge is -2.33. The number of aromatic nitrogens is 3. The summed E-state index contributed by atoms with van der Waals surface area (Å²) in [7, 11) is 2.13. The van der Waals surface area contributed by atoms with Gasteiger partial charge >= 0.3 is 12.1 Å². The Labute approximate surface area is 193 Å². The van der Waals surface area contributed by atoms with Gasteiger partial charge in [-0.25, -0.2) is 24.5 Å². The maximum absolute atomic E-state index is 12.8. The van der Waals surface area contributed by atoms with E-state index in [-0.39, 0.29) is 6.54 Å². The van der Waals surface area contributed by atoms with Gasteiger partial charge in [0.15, 0.2) is 0 Å². The van der Waals surface area contributed by atoms with Crippen molar-refractivity contribution in [3.05, 3.63) is 30.6 Å². The predicted octanol–water partition coefficient (Wildman–Crippen LogP) is 2.54. The summed E-state index contributed by atoms with van der Waals surface area (Å²) in [6, 6.07) is 5.07. The zero-order valence-electron chi connectivity index (χ0n) is 19.5. The van der Waals surface area contributed by atoms with Gasteiger partial charge in [-0.15, -0.1) is 0 Å². The molecular weight excluding hydrogens is 424 g/mol. The minimum atomic E-state index is -0.677. The molecular formula is C22H30N8O3. The average Bonchev–Trinajstić information content (AvgIpc) is 3.15. The molecule has 0 atom stereocenters. The van der Waals surface area contributed by atoms with Gasteiger partial charge in [0.1, 0.15) is 17.2 Å². The number of carbonyl (C=O) groups is 2. The van der Waals surface area contributed by atoms with Crippen LogP contribution in [0.25, 0.3) is 0 Å². The van der Waals surface area contributed by atoms with E-state index in [9.17, 15) is 9.59 Å². The Hall–Kier alpha value is -3.47. The number of hydrogen-bond acceptors (Lipinski definition) is 9. The fourth-order valence-corrected chi connectivity index (χ4v) is 3.62. The van der Waals surface area contributed by atoms with Crippen LogP contribution in [-0.4, -0.2) is 88.8 Å². The number of nitrogens with zero attached hydrogens (tertiary/aromatic N) is 7. The molecule has 0 unspecified atom stereocenters. The molecule has 33 heavy (non-hydrogen) atoms. The highest BCUT2D eigenvalue weighted by atomic mass is 16.6. The molecule has 0 aliphatic carbocycles. The second kappa shape index (κ2) is 9.18. The Morgan fingerprint density at radius 2 is 1.79 bits per heavy atom. The molecule has 1 N–H and O–H groups in total. The van der Waals surface area contributed by atoms with Crippen LogP contribution in [0.4, 0.5) is 32.9 Å². The maximum atomic E-state index is 12.8. The summed E-state index contributed by atoms with van der Waals surface area (Å²) >= 11 is 0. The molecule has 0 saturated carbocycles. The largest absolute Gasteiger partial charge is 0.443 e. The number of pyridine rings is 1. The van der Waals surface area contributed by atoms with Crippen molar-refractivity contribution in [2.45, 2.75) is 26.4 Å². The summed E-state index contributed by atoms with van der Waals surface area (Å²) in [6.07, 6.45) is 2.74. The lowest BCUT2D eigenvalue weighted by molar-refractivity contribution is 0.0354. The number of urea groups is 1. The first-order chi connectivity index (χ1) is 15.7. The maximum Gasteiger partial charge on any atom is 0.418 e. The Morgan fingerprint density at radius 3 is 2.45 bits per heavy atom. The van der Waals surface area contributed by atoms with Gasteiger partial charge in [0, 0.05) is 38.9 Å². The number of carbonyl (C=O) groups excluding carboxylic acids is 2. The molecule has 176 valence electrons. The van der Waals surface area contributed by atoms with Crippen LogP contribution in [0.5, 0.6) is 0 Å². The van der Waals surface area contributed by atoms with Crippen molar-refractivity contribution in [2.24, 2.45) is 0 Å². The van der Waals surface area contributed by atoms with Gasteiger partial charge in [-0.2, -0.15) is 4.98 Å². The fourth-order valence-electron chi connectivity index (χ4n) is 3.62. The van der Waals surface area contributed by atoms with Crippen molar-refractivity contribution in [1.82, 2.24) is 24.8 Å². The summed E-state index contributed by atoms with van der Waals surface area (Å²) in [5.41, 5.74) is 0.400. The van der Waals surface area contributed by atoms with Crippen molar-refractivity contribution in [3.8, 4) is 0 Å². The van der Waals surface area contributed by atoms with Gasteiger partial charge in [0.2, 0.25) is 5.95 Å². The molecule has 2 aromatic rings. The highest BCUT2D eigenvalue weighted by Gasteiger charge is 2.37. The molecule has 2 aromatic heterocycles. The first-order valence-electron chi connectivity index (χ1n) is 11.0. The van der Waals surface area contributed by atoms with E-state index in [1.54, 1.807) is 33.0 Å². The van der Waals surface area contributed by atoms with Crippen LogP contribution in [0.1, 0.15) is 20.8 Å². The van der Waals surface area contributed by atoms with Gasteiger partial charge in [-0.3, -0.25) is 4.90 Å². The Balaban J connectivity index is 1.40. The lowest BCUT2D eigenvalue weighted by Crippen LogP contribution is -2.44. The van der Waals surface area contributed by atoms with E-state index in [0.29, 0.717) is 24.1 Å². The minimum absolute atomic E-state index is 0.232. The third-order valence-corrected chi connectivity index (χ3v) is 5.40. The quantitative estimate of drug-likeness (QED) is 0.746. The molecule has 11 nitrogen and oxygen atoms in total. The van der Waals surface area contributed by atoms with E-state index < -0.39 is 17.7 Å². The Bertz CT molecular complexity index is 999. The van der Waals surface area contributed by atoms with Crippen molar-refractivity contribution < 1.29 is 14.3 Å². The van der Waals surface area contributed by atoms with Gasteiger partial charge in [0.05, 0.1) is 18.4 Å². The molecule has 3 amide bonds. The molecule has 0 radical (unpaired) electrons. The molecule has 2 fully saturated rings. The molecule has 0 bridgehead atoms. The van der Waals surface area contributed by atoms with Crippen LogP contribution < -0.4 is 15.1 Å². The number of rotatable bonds is 4. The Kier molecular flexibility index (Phi) is 6.32. The monoisotopic (exact) mass is 454 g/mol. The van der Waals surface area contributed by atoms with Gasteiger partial charge in [0.25, 0.3) is 0 Å².